The van der Waals surface area contributed by atoms with Gasteiger partial charge in [0.05, 0.1) is 17.2 Å². The first kappa shape index (κ1) is 18.2. The van der Waals surface area contributed by atoms with Crippen molar-refractivity contribution in [2.45, 2.75) is 6.92 Å². The third-order valence-corrected chi connectivity index (χ3v) is 3.42. The van der Waals surface area contributed by atoms with E-state index in [2.05, 4.69) is 0 Å². The van der Waals surface area contributed by atoms with Gasteiger partial charge in [-0.1, -0.05) is 35.9 Å². The zero-order chi connectivity index (χ0) is 18.2. The number of nitriles is 1. The Balaban J connectivity index is 2.22. The summed E-state index contributed by atoms with van der Waals surface area (Å²) in [5, 5.41) is 9.35. The zero-order valence-electron chi connectivity index (χ0n) is 13.4. The molecule has 6 heteroatoms. The Hall–Kier alpha value is -3.10. The highest BCUT2D eigenvalue weighted by atomic mass is 35.5. The van der Waals surface area contributed by atoms with Gasteiger partial charge < -0.3 is 9.47 Å². The maximum Gasteiger partial charge on any atom is 0.348 e. The summed E-state index contributed by atoms with van der Waals surface area (Å²) in [7, 11) is 0. The minimum Gasteiger partial charge on any atom is -0.462 e. The molecule has 0 unspecified atom stereocenters. The SMILES string of the molecule is CCOC(=O)C(C#N)=Cc1cccc(OC(=O)c2ccccc2Cl)c1. The third-order valence-electron chi connectivity index (χ3n) is 3.09. The van der Waals surface area contributed by atoms with Gasteiger partial charge in [-0.05, 0) is 42.8 Å². The van der Waals surface area contributed by atoms with E-state index in [9.17, 15) is 9.59 Å². The second kappa shape index (κ2) is 8.67. The molecule has 2 aromatic rings. The standard InChI is InChI=1S/C19H14ClNO4/c1-2-24-18(22)14(12-21)10-13-6-5-7-15(11-13)25-19(23)16-8-3-4-9-17(16)20/h3-11H,2H2,1H3. The Morgan fingerprint density at radius 3 is 2.64 bits per heavy atom. The summed E-state index contributed by atoms with van der Waals surface area (Å²) < 4.78 is 10.1. The molecule has 0 aromatic heterocycles. The molecule has 0 radical (unpaired) electrons. The van der Waals surface area contributed by atoms with Gasteiger partial charge in [0, 0.05) is 0 Å². The number of nitrogens with zero attached hydrogens (tertiary/aromatic N) is 1. The molecule has 0 aliphatic heterocycles. The van der Waals surface area contributed by atoms with E-state index >= 15 is 0 Å². The number of carbonyl (C=O) groups is 2. The fraction of sp³-hybridized carbons (Fsp3) is 0.105. The maximum atomic E-state index is 12.2. The lowest BCUT2D eigenvalue weighted by Gasteiger charge is -2.06. The van der Waals surface area contributed by atoms with E-state index in [1.807, 2.05) is 0 Å². The van der Waals surface area contributed by atoms with Crippen LogP contribution in [0.5, 0.6) is 5.75 Å². The number of hydrogen-bond donors (Lipinski definition) is 0. The van der Waals surface area contributed by atoms with Gasteiger partial charge in [0.1, 0.15) is 17.4 Å². The Kier molecular flexibility index (Phi) is 6.33. The van der Waals surface area contributed by atoms with Crippen molar-refractivity contribution in [3.05, 3.63) is 70.3 Å². The van der Waals surface area contributed by atoms with Crippen molar-refractivity contribution >= 4 is 29.6 Å². The average molecular weight is 356 g/mol. The lowest BCUT2D eigenvalue weighted by molar-refractivity contribution is -0.137. The Morgan fingerprint density at radius 1 is 1.20 bits per heavy atom. The van der Waals surface area contributed by atoms with E-state index in [1.54, 1.807) is 55.5 Å². The zero-order valence-corrected chi connectivity index (χ0v) is 14.1. The molecule has 2 aromatic carbocycles. The molecular weight excluding hydrogens is 342 g/mol. The van der Waals surface area contributed by atoms with Crippen LogP contribution in [0.25, 0.3) is 6.08 Å². The third kappa shape index (κ3) is 4.93. The largest absolute Gasteiger partial charge is 0.462 e. The molecule has 0 saturated heterocycles. The van der Waals surface area contributed by atoms with Gasteiger partial charge in [-0.2, -0.15) is 5.26 Å². The summed E-state index contributed by atoms with van der Waals surface area (Å²) in [6, 6.07) is 14.8. The number of halogens is 1. The van der Waals surface area contributed by atoms with Gasteiger partial charge in [-0.15, -0.1) is 0 Å². The van der Waals surface area contributed by atoms with Crippen molar-refractivity contribution in [3.63, 3.8) is 0 Å². The summed E-state index contributed by atoms with van der Waals surface area (Å²) in [5.74, 6) is -1.04. The monoisotopic (exact) mass is 355 g/mol. The smallest absolute Gasteiger partial charge is 0.348 e. The minimum absolute atomic E-state index is 0.142. The van der Waals surface area contributed by atoms with Crippen molar-refractivity contribution in [2.75, 3.05) is 6.61 Å². The quantitative estimate of drug-likeness (QED) is 0.350. The van der Waals surface area contributed by atoms with Crippen LogP contribution in [0.2, 0.25) is 5.02 Å². The van der Waals surface area contributed by atoms with E-state index in [0.717, 1.165) is 0 Å². The second-order valence-corrected chi connectivity index (χ2v) is 5.24. The van der Waals surface area contributed by atoms with Crippen molar-refractivity contribution in [1.29, 1.82) is 5.26 Å². The molecule has 126 valence electrons. The highest BCUT2D eigenvalue weighted by Crippen LogP contribution is 2.20. The molecule has 0 amide bonds. The van der Waals surface area contributed by atoms with Crippen molar-refractivity contribution in [3.8, 4) is 11.8 Å². The predicted octanol–water partition coefficient (Wildman–Crippen LogP) is 4.03. The normalized spacial score (nSPS) is 10.7. The average Bonchev–Trinajstić information content (AvgIpc) is 2.60. The molecular formula is C19H14ClNO4. The van der Waals surface area contributed by atoms with Crippen LogP contribution in [0, 0.1) is 11.3 Å². The highest BCUT2D eigenvalue weighted by molar-refractivity contribution is 6.33. The van der Waals surface area contributed by atoms with Crippen LogP contribution in [0.3, 0.4) is 0 Å². The fourth-order valence-corrected chi connectivity index (χ4v) is 2.18. The van der Waals surface area contributed by atoms with Gasteiger partial charge in [0.2, 0.25) is 0 Å². The number of ether oxygens (including phenoxy) is 2. The molecule has 0 fully saturated rings. The highest BCUT2D eigenvalue weighted by Gasteiger charge is 2.13. The first-order valence-corrected chi connectivity index (χ1v) is 7.78. The lowest BCUT2D eigenvalue weighted by atomic mass is 10.1. The lowest BCUT2D eigenvalue weighted by Crippen LogP contribution is -2.09. The first-order valence-electron chi connectivity index (χ1n) is 7.41. The van der Waals surface area contributed by atoms with E-state index in [1.165, 1.54) is 12.1 Å². The molecule has 5 nitrogen and oxygen atoms in total. The topological polar surface area (TPSA) is 76.4 Å². The van der Waals surface area contributed by atoms with Gasteiger partial charge in [-0.25, -0.2) is 9.59 Å². The maximum absolute atomic E-state index is 12.2. The molecule has 0 aliphatic carbocycles. The summed E-state index contributed by atoms with van der Waals surface area (Å²) in [6.07, 6.45) is 1.37. The van der Waals surface area contributed by atoms with Gasteiger partial charge >= 0.3 is 11.9 Å². The summed E-state index contributed by atoms with van der Waals surface area (Å²) >= 11 is 5.97. The predicted molar refractivity (Wildman–Crippen MR) is 93.1 cm³/mol. The van der Waals surface area contributed by atoms with Crippen LogP contribution in [0.1, 0.15) is 22.8 Å². The van der Waals surface area contributed by atoms with Crippen molar-refractivity contribution in [2.24, 2.45) is 0 Å². The van der Waals surface area contributed by atoms with Crippen molar-refractivity contribution in [1.82, 2.24) is 0 Å². The van der Waals surface area contributed by atoms with Crippen LogP contribution in [0.15, 0.2) is 54.1 Å². The van der Waals surface area contributed by atoms with Gasteiger partial charge in [0.25, 0.3) is 0 Å². The van der Waals surface area contributed by atoms with Crippen LogP contribution in [-0.4, -0.2) is 18.5 Å². The Bertz CT molecular complexity index is 868. The van der Waals surface area contributed by atoms with E-state index in [4.69, 9.17) is 26.3 Å². The van der Waals surface area contributed by atoms with E-state index in [-0.39, 0.29) is 28.5 Å². The minimum atomic E-state index is -0.705. The fourth-order valence-electron chi connectivity index (χ4n) is 1.97. The summed E-state index contributed by atoms with van der Waals surface area (Å²) in [6.45, 7) is 1.83. The number of hydrogen-bond acceptors (Lipinski definition) is 5. The number of esters is 2. The van der Waals surface area contributed by atoms with Crippen LogP contribution in [-0.2, 0) is 9.53 Å². The molecule has 0 spiro atoms. The molecule has 0 aliphatic rings. The number of carbonyl (C=O) groups excluding carboxylic acids is 2. The Morgan fingerprint density at radius 2 is 1.96 bits per heavy atom. The van der Waals surface area contributed by atoms with E-state index < -0.39 is 11.9 Å². The van der Waals surface area contributed by atoms with Crippen LogP contribution >= 0.6 is 11.6 Å². The molecule has 25 heavy (non-hydrogen) atoms. The van der Waals surface area contributed by atoms with Gasteiger partial charge in [-0.3, -0.25) is 0 Å². The molecule has 0 bridgehead atoms. The number of rotatable bonds is 5. The van der Waals surface area contributed by atoms with Crippen LogP contribution in [0.4, 0.5) is 0 Å². The first-order chi connectivity index (χ1) is 12.0. The molecule has 0 heterocycles. The van der Waals surface area contributed by atoms with Gasteiger partial charge in [0.15, 0.2) is 0 Å². The Labute approximate surface area is 150 Å². The number of benzene rings is 2. The van der Waals surface area contributed by atoms with Crippen molar-refractivity contribution < 1.29 is 19.1 Å². The van der Waals surface area contributed by atoms with Crippen LogP contribution < -0.4 is 4.74 Å². The van der Waals surface area contributed by atoms with E-state index in [0.29, 0.717) is 5.56 Å². The summed E-state index contributed by atoms with van der Waals surface area (Å²) in [5.41, 5.74) is 0.625. The molecule has 0 saturated carbocycles. The molecule has 0 atom stereocenters. The second-order valence-electron chi connectivity index (χ2n) is 4.83. The summed E-state index contributed by atoms with van der Waals surface area (Å²) in [4.78, 5) is 23.8. The molecule has 2 rings (SSSR count). The molecule has 0 N–H and O–H groups in total.